The zero-order chi connectivity index (χ0) is 9.54. The molecule has 0 spiro atoms. The Kier molecular flexibility index (Phi) is 1.30. The molecule has 2 aromatic rings. The molecule has 0 unspecified atom stereocenters. The lowest BCUT2D eigenvalue weighted by molar-refractivity contribution is 0.379. The Hall–Kier alpha value is -2.04. The number of nitrogens with one attached hydrogen (secondary N) is 1. The van der Waals surface area contributed by atoms with Crippen LogP contribution in [-0.2, 0) is 6.54 Å². The highest BCUT2D eigenvalue weighted by molar-refractivity contribution is 5.62. The van der Waals surface area contributed by atoms with Gasteiger partial charge in [0.25, 0.3) is 0 Å². The first kappa shape index (κ1) is 7.37. The highest BCUT2D eigenvalue weighted by Gasteiger charge is 2.19. The van der Waals surface area contributed by atoms with E-state index in [1.807, 2.05) is 24.3 Å². The van der Waals surface area contributed by atoms with E-state index in [-0.39, 0.29) is 0 Å². The van der Waals surface area contributed by atoms with Crippen LogP contribution in [-0.4, -0.2) is 9.72 Å². The van der Waals surface area contributed by atoms with Crippen LogP contribution in [0.3, 0.4) is 0 Å². The van der Waals surface area contributed by atoms with E-state index in [2.05, 4.69) is 15.0 Å². The Morgan fingerprint density at radius 2 is 2.29 bits per heavy atom. The fourth-order valence-corrected chi connectivity index (χ4v) is 1.62. The van der Waals surface area contributed by atoms with Crippen molar-refractivity contribution in [1.82, 2.24) is 9.72 Å². The highest BCUT2D eigenvalue weighted by Crippen LogP contribution is 2.23. The van der Waals surface area contributed by atoms with Gasteiger partial charge in [-0.05, 0) is 12.1 Å². The summed E-state index contributed by atoms with van der Waals surface area (Å²) >= 11 is 0. The van der Waals surface area contributed by atoms with Gasteiger partial charge in [-0.3, -0.25) is 4.52 Å². The van der Waals surface area contributed by atoms with E-state index in [4.69, 9.17) is 0 Å². The molecule has 70 valence electrons. The predicted molar refractivity (Wildman–Crippen MR) is 49.4 cm³/mol. The standard InChI is InChI=1S/C9H7N3O2/c13-9-12-7-4-2-1-3-6(7)10-5-8(12)11-14-9/h1-4,10H,5H2. The Morgan fingerprint density at radius 1 is 1.43 bits per heavy atom. The topological polar surface area (TPSA) is 60.1 Å². The van der Waals surface area contributed by atoms with Crippen molar-refractivity contribution in [3.63, 3.8) is 0 Å². The molecule has 0 aliphatic carbocycles. The molecular formula is C9H7N3O2. The quantitative estimate of drug-likeness (QED) is 0.664. The zero-order valence-corrected chi connectivity index (χ0v) is 7.23. The van der Waals surface area contributed by atoms with Crippen LogP contribution in [0, 0.1) is 0 Å². The van der Waals surface area contributed by atoms with Gasteiger partial charge < -0.3 is 5.32 Å². The van der Waals surface area contributed by atoms with Gasteiger partial charge >= 0.3 is 5.76 Å². The van der Waals surface area contributed by atoms with Crippen LogP contribution in [0.1, 0.15) is 5.82 Å². The highest BCUT2D eigenvalue weighted by atomic mass is 16.5. The van der Waals surface area contributed by atoms with Crippen molar-refractivity contribution in [2.45, 2.75) is 6.54 Å². The molecule has 1 aliphatic heterocycles. The molecule has 5 heteroatoms. The second-order valence-corrected chi connectivity index (χ2v) is 3.07. The fourth-order valence-electron chi connectivity index (χ4n) is 1.62. The van der Waals surface area contributed by atoms with Crippen LogP contribution < -0.4 is 11.1 Å². The maximum atomic E-state index is 11.3. The smallest absolute Gasteiger partial charge is 0.376 e. The first-order valence-electron chi connectivity index (χ1n) is 4.27. The van der Waals surface area contributed by atoms with Gasteiger partial charge in [-0.15, -0.1) is 0 Å². The summed E-state index contributed by atoms with van der Waals surface area (Å²) < 4.78 is 6.07. The largest absolute Gasteiger partial charge is 0.446 e. The molecule has 0 amide bonds. The van der Waals surface area contributed by atoms with Gasteiger partial charge in [-0.1, -0.05) is 17.3 Å². The normalized spacial score (nSPS) is 12.9. The number of hydrogen-bond donors (Lipinski definition) is 1. The van der Waals surface area contributed by atoms with Crippen LogP contribution in [0.25, 0.3) is 5.69 Å². The third-order valence-electron chi connectivity index (χ3n) is 2.25. The van der Waals surface area contributed by atoms with Gasteiger partial charge in [0, 0.05) is 0 Å². The first-order chi connectivity index (χ1) is 6.86. The number of benzene rings is 1. The lowest BCUT2D eigenvalue weighted by Gasteiger charge is -2.16. The van der Waals surface area contributed by atoms with E-state index in [1.54, 1.807) is 0 Å². The van der Waals surface area contributed by atoms with Crippen molar-refractivity contribution in [3.8, 4) is 5.69 Å². The van der Waals surface area contributed by atoms with Gasteiger partial charge in [0.2, 0.25) is 0 Å². The number of aromatic nitrogens is 2. The number of rotatable bonds is 0. The Labute approximate surface area is 79.0 Å². The number of anilines is 1. The lowest BCUT2D eigenvalue weighted by Crippen LogP contribution is -2.22. The van der Waals surface area contributed by atoms with Crippen molar-refractivity contribution in [3.05, 3.63) is 40.6 Å². The minimum atomic E-state index is -0.436. The summed E-state index contributed by atoms with van der Waals surface area (Å²) in [5.41, 5.74) is 1.71. The van der Waals surface area contributed by atoms with E-state index in [9.17, 15) is 4.79 Å². The van der Waals surface area contributed by atoms with E-state index in [1.165, 1.54) is 4.57 Å². The minimum absolute atomic E-state index is 0.436. The van der Waals surface area contributed by atoms with Gasteiger partial charge in [-0.2, -0.15) is 0 Å². The molecule has 3 rings (SSSR count). The van der Waals surface area contributed by atoms with Crippen molar-refractivity contribution < 1.29 is 4.52 Å². The second kappa shape index (κ2) is 2.47. The fraction of sp³-hybridized carbons (Fsp3) is 0.111. The molecule has 0 bridgehead atoms. The monoisotopic (exact) mass is 189 g/mol. The van der Waals surface area contributed by atoms with E-state index in [0.29, 0.717) is 12.4 Å². The molecule has 1 aromatic carbocycles. The van der Waals surface area contributed by atoms with Crippen molar-refractivity contribution in [1.29, 1.82) is 0 Å². The number of para-hydroxylation sites is 2. The molecule has 0 fully saturated rings. The van der Waals surface area contributed by atoms with Crippen LogP contribution in [0.5, 0.6) is 0 Å². The number of fused-ring (bicyclic) bond motifs is 3. The summed E-state index contributed by atoms with van der Waals surface area (Å²) in [6, 6.07) is 7.55. The average molecular weight is 189 g/mol. The molecule has 0 atom stereocenters. The summed E-state index contributed by atoms with van der Waals surface area (Å²) in [4.78, 5) is 11.3. The van der Waals surface area contributed by atoms with Gasteiger partial charge in [-0.25, -0.2) is 9.36 Å². The minimum Gasteiger partial charge on any atom is -0.376 e. The molecule has 0 saturated heterocycles. The summed E-state index contributed by atoms with van der Waals surface area (Å²) in [7, 11) is 0. The van der Waals surface area contributed by atoms with Crippen molar-refractivity contribution in [2.75, 3.05) is 5.32 Å². The third-order valence-corrected chi connectivity index (χ3v) is 2.25. The molecule has 0 radical (unpaired) electrons. The van der Waals surface area contributed by atoms with Crippen LogP contribution in [0.2, 0.25) is 0 Å². The Morgan fingerprint density at radius 3 is 3.21 bits per heavy atom. The number of nitrogens with zero attached hydrogens (tertiary/aromatic N) is 2. The van der Waals surface area contributed by atoms with Crippen LogP contribution in [0.4, 0.5) is 5.69 Å². The lowest BCUT2D eigenvalue weighted by atomic mass is 10.2. The van der Waals surface area contributed by atoms with Crippen LogP contribution in [0.15, 0.2) is 33.6 Å². The third kappa shape index (κ3) is 0.834. The zero-order valence-electron chi connectivity index (χ0n) is 7.23. The maximum Gasteiger partial charge on any atom is 0.446 e. The summed E-state index contributed by atoms with van der Waals surface area (Å²) in [5.74, 6) is 0.169. The molecule has 14 heavy (non-hydrogen) atoms. The van der Waals surface area contributed by atoms with Crippen molar-refractivity contribution >= 4 is 5.69 Å². The Balaban J connectivity index is 2.38. The molecular weight excluding hydrogens is 182 g/mol. The Bertz CT molecular complexity index is 541. The first-order valence-corrected chi connectivity index (χ1v) is 4.27. The predicted octanol–water partition coefficient (Wildman–Crippen LogP) is 0.751. The van der Waals surface area contributed by atoms with E-state index < -0.39 is 5.76 Å². The van der Waals surface area contributed by atoms with Crippen molar-refractivity contribution in [2.24, 2.45) is 0 Å². The summed E-state index contributed by atoms with van der Waals surface area (Å²) in [6.07, 6.45) is 0. The van der Waals surface area contributed by atoms with Gasteiger partial charge in [0.1, 0.15) is 0 Å². The second-order valence-electron chi connectivity index (χ2n) is 3.07. The molecule has 5 nitrogen and oxygen atoms in total. The van der Waals surface area contributed by atoms with E-state index >= 15 is 0 Å². The number of hydrogen-bond acceptors (Lipinski definition) is 4. The maximum absolute atomic E-state index is 11.3. The summed E-state index contributed by atoms with van der Waals surface area (Å²) in [6.45, 7) is 0.517. The van der Waals surface area contributed by atoms with Crippen LogP contribution >= 0.6 is 0 Å². The molecule has 0 saturated carbocycles. The molecule has 2 heterocycles. The molecule has 1 N–H and O–H groups in total. The summed E-state index contributed by atoms with van der Waals surface area (Å²) in [5, 5.41) is 6.82. The molecule has 1 aromatic heterocycles. The van der Waals surface area contributed by atoms with Gasteiger partial charge in [0.15, 0.2) is 5.82 Å². The molecule has 1 aliphatic rings. The van der Waals surface area contributed by atoms with Gasteiger partial charge in [0.05, 0.1) is 17.9 Å². The SMILES string of the molecule is O=c1onc2n1-c1ccccc1NC2. The van der Waals surface area contributed by atoms with E-state index in [0.717, 1.165) is 11.4 Å². The average Bonchev–Trinajstić information content (AvgIpc) is 2.61.